The van der Waals surface area contributed by atoms with Crippen molar-refractivity contribution in [2.45, 2.75) is 70.5 Å². The average Bonchev–Trinajstić information content (AvgIpc) is 3.13. The van der Waals surface area contributed by atoms with E-state index in [4.69, 9.17) is 0 Å². The molecule has 2 aliphatic rings. The number of hydrogen-bond acceptors (Lipinski definition) is 2. The minimum atomic E-state index is -0.720. The molecule has 1 atom stereocenters. The molecule has 1 unspecified atom stereocenters. The highest BCUT2D eigenvalue weighted by Crippen LogP contribution is 2.33. The molecule has 124 valence electrons. The van der Waals surface area contributed by atoms with E-state index in [1.807, 2.05) is 38.1 Å². The Morgan fingerprint density at radius 3 is 2.70 bits per heavy atom. The van der Waals surface area contributed by atoms with Crippen molar-refractivity contribution in [1.82, 2.24) is 10.2 Å². The van der Waals surface area contributed by atoms with Crippen molar-refractivity contribution in [1.29, 1.82) is 0 Å². The third-order valence-electron chi connectivity index (χ3n) is 5.49. The minimum Gasteiger partial charge on any atom is -0.351 e. The molecule has 4 heteroatoms. The maximum atomic E-state index is 12.8. The van der Waals surface area contributed by atoms with Gasteiger partial charge in [-0.25, -0.2) is 0 Å². The van der Waals surface area contributed by atoms with E-state index >= 15 is 0 Å². The predicted molar refractivity (Wildman–Crippen MR) is 89.8 cm³/mol. The van der Waals surface area contributed by atoms with E-state index in [-0.39, 0.29) is 17.9 Å². The van der Waals surface area contributed by atoms with Crippen LogP contribution >= 0.6 is 0 Å². The number of amides is 2. The van der Waals surface area contributed by atoms with Crippen molar-refractivity contribution < 1.29 is 9.59 Å². The molecule has 2 amide bonds. The van der Waals surface area contributed by atoms with Gasteiger partial charge in [0.25, 0.3) is 0 Å². The molecule has 1 saturated carbocycles. The summed E-state index contributed by atoms with van der Waals surface area (Å²) in [5.41, 5.74) is 1.55. The number of likely N-dealkylation sites (tertiary alicyclic amines) is 1. The number of nitrogens with zero attached hydrogens (tertiary/aromatic N) is 1. The standard InChI is InChI=1S/C19H26N2O2/c1-14-7-3-4-8-15(14)13-21-17(22)11-12-19(21,2)18(23)20-16-9-5-6-10-16/h3-4,7-8,16H,5-6,9-13H2,1-2H3,(H,20,23). The molecule has 0 radical (unpaired) electrons. The quantitative estimate of drug-likeness (QED) is 0.929. The van der Waals surface area contributed by atoms with Crippen LogP contribution in [0.5, 0.6) is 0 Å². The third-order valence-corrected chi connectivity index (χ3v) is 5.49. The Labute approximate surface area is 138 Å². The first-order valence-electron chi connectivity index (χ1n) is 8.66. The SMILES string of the molecule is Cc1ccccc1CN1C(=O)CCC1(C)C(=O)NC1CCCC1. The fourth-order valence-corrected chi connectivity index (χ4v) is 3.76. The van der Waals surface area contributed by atoms with Gasteiger partial charge in [0, 0.05) is 19.0 Å². The minimum absolute atomic E-state index is 0.0174. The fraction of sp³-hybridized carbons (Fsp3) is 0.579. The Morgan fingerprint density at radius 1 is 1.30 bits per heavy atom. The first-order valence-corrected chi connectivity index (χ1v) is 8.66. The van der Waals surface area contributed by atoms with Gasteiger partial charge in [0.1, 0.15) is 5.54 Å². The Balaban J connectivity index is 1.77. The van der Waals surface area contributed by atoms with Gasteiger partial charge in [-0.3, -0.25) is 9.59 Å². The maximum absolute atomic E-state index is 12.8. The summed E-state index contributed by atoms with van der Waals surface area (Å²) < 4.78 is 0. The van der Waals surface area contributed by atoms with Gasteiger partial charge in [-0.2, -0.15) is 0 Å². The van der Waals surface area contributed by atoms with Crippen molar-refractivity contribution in [3.05, 3.63) is 35.4 Å². The highest BCUT2D eigenvalue weighted by Gasteiger charge is 2.47. The molecule has 1 heterocycles. The molecule has 1 aliphatic carbocycles. The Kier molecular flexibility index (Phi) is 4.42. The molecule has 2 fully saturated rings. The second-order valence-corrected chi connectivity index (χ2v) is 7.14. The smallest absolute Gasteiger partial charge is 0.245 e. The number of carbonyl (C=O) groups is 2. The molecule has 0 spiro atoms. The van der Waals surface area contributed by atoms with E-state index in [1.54, 1.807) is 4.90 Å². The van der Waals surface area contributed by atoms with E-state index in [0.717, 1.165) is 24.0 Å². The van der Waals surface area contributed by atoms with E-state index in [9.17, 15) is 9.59 Å². The highest BCUT2D eigenvalue weighted by atomic mass is 16.2. The van der Waals surface area contributed by atoms with Crippen LogP contribution in [0.15, 0.2) is 24.3 Å². The molecule has 0 aromatic heterocycles. The summed E-state index contributed by atoms with van der Waals surface area (Å²) in [7, 11) is 0. The first-order chi connectivity index (χ1) is 11.0. The molecular weight excluding hydrogens is 288 g/mol. The number of aryl methyl sites for hydroxylation is 1. The number of carbonyl (C=O) groups excluding carboxylic acids is 2. The molecule has 1 aromatic carbocycles. The molecule has 23 heavy (non-hydrogen) atoms. The summed E-state index contributed by atoms with van der Waals surface area (Å²) in [6.45, 7) is 4.48. The predicted octanol–water partition coefficient (Wildman–Crippen LogP) is 2.93. The van der Waals surface area contributed by atoms with E-state index < -0.39 is 5.54 Å². The van der Waals surface area contributed by atoms with Gasteiger partial charge in [0.2, 0.25) is 11.8 Å². The topological polar surface area (TPSA) is 49.4 Å². The van der Waals surface area contributed by atoms with Gasteiger partial charge < -0.3 is 10.2 Å². The van der Waals surface area contributed by atoms with E-state index in [2.05, 4.69) is 5.32 Å². The third kappa shape index (κ3) is 3.12. The Hall–Kier alpha value is -1.84. The summed E-state index contributed by atoms with van der Waals surface area (Å²) in [5.74, 6) is 0.0983. The van der Waals surface area contributed by atoms with Crippen LogP contribution in [-0.4, -0.2) is 28.3 Å². The van der Waals surface area contributed by atoms with E-state index in [0.29, 0.717) is 19.4 Å². The lowest BCUT2D eigenvalue weighted by Gasteiger charge is -2.35. The molecular formula is C19H26N2O2. The molecule has 1 saturated heterocycles. The van der Waals surface area contributed by atoms with Crippen LogP contribution in [0.4, 0.5) is 0 Å². The summed E-state index contributed by atoms with van der Waals surface area (Å²) >= 11 is 0. The van der Waals surface area contributed by atoms with Gasteiger partial charge in [-0.15, -0.1) is 0 Å². The second-order valence-electron chi connectivity index (χ2n) is 7.14. The number of nitrogens with one attached hydrogen (secondary N) is 1. The van der Waals surface area contributed by atoms with Gasteiger partial charge in [-0.1, -0.05) is 37.1 Å². The van der Waals surface area contributed by atoms with Crippen LogP contribution < -0.4 is 5.32 Å². The van der Waals surface area contributed by atoms with Crippen molar-refractivity contribution in [3.63, 3.8) is 0 Å². The summed E-state index contributed by atoms with van der Waals surface area (Å²) in [4.78, 5) is 27.0. The normalized spacial score (nSPS) is 25.1. The largest absolute Gasteiger partial charge is 0.351 e. The Morgan fingerprint density at radius 2 is 2.00 bits per heavy atom. The summed E-state index contributed by atoms with van der Waals surface area (Å²) in [5, 5.41) is 3.18. The second kappa shape index (κ2) is 6.34. The zero-order valence-electron chi connectivity index (χ0n) is 14.1. The van der Waals surface area contributed by atoms with Gasteiger partial charge in [-0.05, 0) is 44.2 Å². The van der Waals surface area contributed by atoms with Crippen molar-refractivity contribution in [3.8, 4) is 0 Å². The number of rotatable bonds is 4. The van der Waals surface area contributed by atoms with E-state index in [1.165, 1.54) is 12.8 Å². The average molecular weight is 314 g/mol. The van der Waals surface area contributed by atoms with Crippen LogP contribution in [0.3, 0.4) is 0 Å². The zero-order valence-corrected chi connectivity index (χ0v) is 14.1. The number of benzene rings is 1. The highest BCUT2D eigenvalue weighted by molar-refractivity contribution is 5.94. The molecule has 1 N–H and O–H groups in total. The summed E-state index contributed by atoms with van der Waals surface area (Å²) in [6.07, 6.45) is 5.57. The van der Waals surface area contributed by atoms with Crippen molar-refractivity contribution >= 4 is 11.8 Å². The van der Waals surface area contributed by atoms with Gasteiger partial charge in [0.15, 0.2) is 0 Å². The lowest BCUT2D eigenvalue weighted by Crippen LogP contribution is -2.55. The lowest BCUT2D eigenvalue weighted by molar-refractivity contribution is -0.141. The lowest BCUT2D eigenvalue weighted by atomic mass is 9.96. The molecule has 1 aromatic rings. The maximum Gasteiger partial charge on any atom is 0.245 e. The van der Waals surface area contributed by atoms with Gasteiger partial charge in [0.05, 0.1) is 0 Å². The molecule has 1 aliphatic heterocycles. The van der Waals surface area contributed by atoms with Crippen LogP contribution in [0.1, 0.15) is 56.6 Å². The van der Waals surface area contributed by atoms with Crippen molar-refractivity contribution in [2.75, 3.05) is 0 Å². The molecule has 0 bridgehead atoms. The number of hydrogen-bond donors (Lipinski definition) is 1. The van der Waals surface area contributed by atoms with Crippen LogP contribution in [0.25, 0.3) is 0 Å². The first kappa shape index (κ1) is 16.0. The van der Waals surface area contributed by atoms with Gasteiger partial charge >= 0.3 is 0 Å². The van der Waals surface area contributed by atoms with Crippen LogP contribution in [-0.2, 0) is 16.1 Å². The van der Waals surface area contributed by atoms with Crippen LogP contribution in [0.2, 0.25) is 0 Å². The van der Waals surface area contributed by atoms with Crippen LogP contribution in [0, 0.1) is 6.92 Å². The summed E-state index contributed by atoms with van der Waals surface area (Å²) in [6, 6.07) is 8.35. The Bertz CT molecular complexity index is 607. The fourth-order valence-electron chi connectivity index (χ4n) is 3.76. The monoisotopic (exact) mass is 314 g/mol. The van der Waals surface area contributed by atoms with Crippen molar-refractivity contribution in [2.24, 2.45) is 0 Å². The molecule has 3 rings (SSSR count). The molecule has 4 nitrogen and oxygen atoms in total. The zero-order chi connectivity index (χ0) is 16.4.